The van der Waals surface area contributed by atoms with Gasteiger partial charge in [-0.05, 0) is 18.2 Å². The highest BCUT2D eigenvalue weighted by atomic mass is 15.2. The summed E-state index contributed by atoms with van der Waals surface area (Å²) in [5, 5.41) is 6.55. The van der Waals surface area contributed by atoms with Crippen LogP contribution in [0, 0.1) is 0 Å². The zero-order valence-electron chi connectivity index (χ0n) is 13.0. The molecule has 0 aliphatic carbocycles. The second kappa shape index (κ2) is 7.02. The third-order valence-corrected chi connectivity index (χ3v) is 3.70. The van der Waals surface area contributed by atoms with E-state index in [0.29, 0.717) is 17.2 Å². The lowest BCUT2D eigenvalue weighted by Crippen LogP contribution is -2.43. The number of nitrogens with one attached hydrogen (secondary N) is 2. The fourth-order valence-electron chi connectivity index (χ4n) is 2.52. The van der Waals surface area contributed by atoms with E-state index in [1.54, 1.807) is 24.5 Å². The van der Waals surface area contributed by atoms with Gasteiger partial charge in [-0.25, -0.2) is 9.97 Å². The number of anilines is 3. The van der Waals surface area contributed by atoms with Crippen molar-refractivity contribution < 1.29 is 0 Å². The molecule has 6 nitrogen and oxygen atoms in total. The summed E-state index contributed by atoms with van der Waals surface area (Å²) in [6, 6.07) is 4.06. The maximum atomic E-state index is 4.47. The molecule has 1 saturated heterocycles. The zero-order chi connectivity index (χ0) is 16.1. The van der Waals surface area contributed by atoms with E-state index in [1.165, 1.54) is 0 Å². The topological polar surface area (TPSA) is 66.0 Å². The van der Waals surface area contributed by atoms with E-state index in [-0.39, 0.29) is 0 Å². The fraction of sp³-hybridized carbons (Fsp3) is 0.235. The normalized spacial score (nSPS) is 14.3. The molecule has 3 heterocycles. The largest absolute Gasteiger partial charge is 0.369 e. The van der Waals surface area contributed by atoms with Crippen LogP contribution in [-0.4, -0.2) is 41.1 Å². The average Bonchev–Trinajstić information content (AvgIpc) is 2.62. The molecule has 2 aromatic rings. The van der Waals surface area contributed by atoms with Gasteiger partial charge in [0.1, 0.15) is 5.82 Å². The molecule has 0 saturated carbocycles. The minimum absolute atomic E-state index is 0.635. The van der Waals surface area contributed by atoms with Crippen LogP contribution in [0.15, 0.2) is 37.7 Å². The van der Waals surface area contributed by atoms with Gasteiger partial charge < -0.3 is 15.5 Å². The van der Waals surface area contributed by atoms with Gasteiger partial charge in [-0.15, -0.1) is 0 Å². The molecule has 6 heteroatoms. The molecule has 0 spiro atoms. The maximum absolute atomic E-state index is 4.47. The summed E-state index contributed by atoms with van der Waals surface area (Å²) >= 11 is 0. The summed E-state index contributed by atoms with van der Waals surface area (Å²) in [5.74, 6) is 1.38. The van der Waals surface area contributed by atoms with E-state index < -0.39 is 0 Å². The molecule has 2 aromatic heterocycles. The third-order valence-electron chi connectivity index (χ3n) is 3.70. The van der Waals surface area contributed by atoms with Crippen LogP contribution in [0.2, 0.25) is 0 Å². The average molecular weight is 308 g/mol. The summed E-state index contributed by atoms with van der Waals surface area (Å²) in [6.45, 7) is 11.5. The highest BCUT2D eigenvalue weighted by molar-refractivity contribution is 5.63. The molecule has 2 N–H and O–H groups in total. The Balaban J connectivity index is 1.80. The molecule has 0 unspecified atom stereocenters. The number of hydrogen-bond acceptors (Lipinski definition) is 6. The number of hydrogen-bond donors (Lipinski definition) is 2. The third kappa shape index (κ3) is 3.54. The van der Waals surface area contributed by atoms with Gasteiger partial charge in [-0.2, -0.15) is 0 Å². The van der Waals surface area contributed by atoms with Gasteiger partial charge in [-0.3, -0.25) is 4.98 Å². The summed E-state index contributed by atoms with van der Waals surface area (Å²) in [6.07, 6.45) is 6.81. The molecule has 0 bridgehead atoms. The molecule has 1 aliphatic rings. The predicted molar refractivity (Wildman–Crippen MR) is 94.8 cm³/mol. The Morgan fingerprint density at radius 2 is 1.87 bits per heavy atom. The molecule has 23 heavy (non-hydrogen) atoms. The van der Waals surface area contributed by atoms with Crippen molar-refractivity contribution in [2.24, 2.45) is 0 Å². The van der Waals surface area contributed by atoms with Crippen molar-refractivity contribution in [3.63, 3.8) is 0 Å². The Bertz CT molecular complexity index is 706. The fourth-order valence-corrected chi connectivity index (χ4v) is 2.52. The first-order chi connectivity index (χ1) is 11.3. The molecule has 0 aromatic carbocycles. The number of pyridine rings is 1. The minimum atomic E-state index is 0.635. The quantitative estimate of drug-likeness (QED) is 0.883. The van der Waals surface area contributed by atoms with Gasteiger partial charge in [0.05, 0.1) is 17.6 Å². The number of nitrogens with zero attached hydrogens (tertiary/aromatic N) is 4. The lowest BCUT2D eigenvalue weighted by atomic mass is 10.3. The van der Waals surface area contributed by atoms with Gasteiger partial charge >= 0.3 is 0 Å². The van der Waals surface area contributed by atoms with E-state index in [2.05, 4.69) is 43.6 Å². The van der Waals surface area contributed by atoms with Crippen LogP contribution < -0.4 is 15.5 Å². The molecule has 1 aliphatic heterocycles. The van der Waals surface area contributed by atoms with E-state index in [9.17, 15) is 0 Å². The first-order valence-corrected chi connectivity index (χ1v) is 7.61. The molecule has 1 fully saturated rings. The summed E-state index contributed by atoms with van der Waals surface area (Å²) in [7, 11) is 0. The van der Waals surface area contributed by atoms with Crippen LogP contribution in [0.3, 0.4) is 0 Å². The molecular weight excluding hydrogens is 288 g/mol. The Hall–Kier alpha value is -2.73. The molecule has 118 valence electrons. The summed E-state index contributed by atoms with van der Waals surface area (Å²) in [4.78, 5) is 15.5. The smallest absolute Gasteiger partial charge is 0.150 e. The van der Waals surface area contributed by atoms with Crippen molar-refractivity contribution in [2.75, 3.05) is 36.4 Å². The van der Waals surface area contributed by atoms with Crippen molar-refractivity contribution in [3.8, 4) is 0 Å². The minimum Gasteiger partial charge on any atom is -0.369 e. The number of piperazine rings is 1. The second-order valence-corrected chi connectivity index (χ2v) is 5.20. The van der Waals surface area contributed by atoms with Crippen LogP contribution in [0.4, 0.5) is 17.3 Å². The van der Waals surface area contributed by atoms with Gasteiger partial charge in [-0.1, -0.05) is 13.2 Å². The SMILES string of the molecule is C=Cc1ncc(Nc2cc(N3CCNCC3)ccn2)nc1C=C. The second-order valence-electron chi connectivity index (χ2n) is 5.20. The van der Waals surface area contributed by atoms with E-state index in [1.807, 2.05) is 12.1 Å². The standard InChI is InChI=1S/C17H20N6/c1-3-14-15(4-2)21-17(12-20-14)22-16-11-13(5-6-19-16)23-9-7-18-8-10-23/h3-6,11-12,18H,1-2,7-10H2,(H,19,21,22). The zero-order valence-corrected chi connectivity index (χ0v) is 13.0. The van der Waals surface area contributed by atoms with Crippen LogP contribution in [-0.2, 0) is 0 Å². The summed E-state index contributed by atoms with van der Waals surface area (Å²) < 4.78 is 0. The maximum Gasteiger partial charge on any atom is 0.150 e. The van der Waals surface area contributed by atoms with Gasteiger partial charge in [0, 0.05) is 44.1 Å². The van der Waals surface area contributed by atoms with Crippen LogP contribution in [0.5, 0.6) is 0 Å². The van der Waals surface area contributed by atoms with Crippen molar-refractivity contribution in [1.82, 2.24) is 20.3 Å². The molecule has 0 amide bonds. The first kappa shape index (κ1) is 15.2. The Morgan fingerprint density at radius 3 is 2.61 bits per heavy atom. The van der Waals surface area contributed by atoms with Crippen LogP contribution in [0.1, 0.15) is 11.4 Å². The van der Waals surface area contributed by atoms with E-state index in [0.717, 1.165) is 37.7 Å². The van der Waals surface area contributed by atoms with Crippen LogP contribution in [0.25, 0.3) is 12.2 Å². The van der Waals surface area contributed by atoms with Crippen LogP contribution >= 0.6 is 0 Å². The van der Waals surface area contributed by atoms with Gasteiger partial charge in [0.25, 0.3) is 0 Å². The van der Waals surface area contributed by atoms with Crippen molar-refractivity contribution in [1.29, 1.82) is 0 Å². The van der Waals surface area contributed by atoms with Crippen molar-refractivity contribution in [2.45, 2.75) is 0 Å². The highest BCUT2D eigenvalue weighted by Gasteiger charge is 2.11. The Morgan fingerprint density at radius 1 is 1.09 bits per heavy atom. The lowest BCUT2D eigenvalue weighted by molar-refractivity contribution is 0.589. The molecule has 3 rings (SSSR count). The molecular formula is C17H20N6. The van der Waals surface area contributed by atoms with Gasteiger partial charge in [0.15, 0.2) is 5.82 Å². The Kier molecular flexibility index (Phi) is 4.63. The number of aromatic nitrogens is 3. The number of rotatable bonds is 5. The summed E-state index contributed by atoms with van der Waals surface area (Å²) in [5.41, 5.74) is 2.57. The van der Waals surface area contributed by atoms with Gasteiger partial charge in [0.2, 0.25) is 0 Å². The van der Waals surface area contributed by atoms with Crippen molar-refractivity contribution >= 4 is 29.5 Å². The lowest BCUT2D eigenvalue weighted by Gasteiger charge is -2.29. The predicted octanol–water partition coefficient (Wildman–Crippen LogP) is 2.31. The highest BCUT2D eigenvalue weighted by Crippen LogP contribution is 2.20. The first-order valence-electron chi connectivity index (χ1n) is 7.61. The Labute approximate surface area is 136 Å². The molecule has 0 radical (unpaired) electrons. The molecule has 0 atom stereocenters. The van der Waals surface area contributed by atoms with E-state index in [4.69, 9.17) is 0 Å². The monoisotopic (exact) mass is 308 g/mol. The van der Waals surface area contributed by atoms with E-state index >= 15 is 0 Å². The van der Waals surface area contributed by atoms with Crippen molar-refractivity contribution in [3.05, 3.63) is 49.1 Å².